The highest BCUT2D eigenvalue weighted by molar-refractivity contribution is 7.86. The summed E-state index contributed by atoms with van der Waals surface area (Å²) in [6.45, 7) is 4.82. The first-order valence-corrected chi connectivity index (χ1v) is 14.9. The van der Waals surface area contributed by atoms with E-state index < -0.39 is 52.9 Å². The van der Waals surface area contributed by atoms with E-state index in [-0.39, 0.29) is 16.7 Å². The van der Waals surface area contributed by atoms with Crippen LogP contribution in [0.5, 0.6) is 0 Å². The van der Waals surface area contributed by atoms with Gasteiger partial charge >= 0.3 is 17.9 Å². The van der Waals surface area contributed by atoms with Gasteiger partial charge in [0.05, 0.1) is 29.2 Å². The fourth-order valence-corrected chi connectivity index (χ4v) is 4.37. The lowest BCUT2D eigenvalue weighted by Gasteiger charge is -2.30. The Kier molecular flexibility index (Phi) is 11.6. The summed E-state index contributed by atoms with van der Waals surface area (Å²) in [6.07, 6.45) is -3.11. The number of nitrogens with zero attached hydrogens (tertiary/aromatic N) is 1. The van der Waals surface area contributed by atoms with Crippen LogP contribution in [0.15, 0.2) is 78.0 Å². The van der Waals surface area contributed by atoms with Gasteiger partial charge in [0.25, 0.3) is 10.1 Å². The zero-order valence-electron chi connectivity index (χ0n) is 24.4. The third-order valence-corrected chi connectivity index (χ3v) is 6.63. The van der Waals surface area contributed by atoms with Gasteiger partial charge in [0.15, 0.2) is 18.3 Å². The van der Waals surface area contributed by atoms with Gasteiger partial charge in [0, 0.05) is 0 Å². The van der Waals surface area contributed by atoms with E-state index in [2.05, 4.69) is 5.16 Å². The van der Waals surface area contributed by atoms with Crippen molar-refractivity contribution in [3.63, 3.8) is 0 Å². The Hall–Kier alpha value is -4.55. The Morgan fingerprint density at radius 2 is 1.14 bits per heavy atom. The molecule has 0 radical (unpaired) electrons. The van der Waals surface area contributed by atoms with Crippen LogP contribution in [0.1, 0.15) is 47.8 Å². The average molecular weight is 612 g/mol. The smallest absolute Gasteiger partial charge is 0.338 e. The molecule has 0 bridgehead atoms. The van der Waals surface area contributed by atoms with Gasteiger partial charge in [-0.1, -0.05) is 58.2 Å². The van der Waals surface area contributed by atoms with Gasteiger partial charge in [-0.25, -0.2) is 14.4 Å². The Bertz CT molecular complexity index is 1530. The van der Waals surface area contributed by atoms with Crippen LogP contribution in [0, 0.1) is 20.8 Å². The summed E-state index contributed by atoms with van der Waals surface area (Å²) < 4.78 is 46.6. The third kappa shape index (κ3) is 10.3. The van der Waals surface area contributed by atoms with E-state index in [1.807, 2.05) is 20.8 Å². The summed E-state index contributed by atoms with van der Waals surface area (Å²) in [5.74, 6) is -2.51. The number of ether oxygens (including phenoxy) is 3. The van der Waals surface area contributed by atoms with Crippen molar-refractivity contribution in [2.24, 2.45) is 5.16 Å². The second-order valence-corrected chi connectivity index (χ2v) is 11.3. The molecule has 0 aliphatic rings. The van der Waals surface area contributed by atoms with Crippen LogP contribution in [-0.2, 0) is 33.3 Å². The molecule has 228 valence electrons. The van der Waals surface area contributed by atoms with E-state index in [0.717, 1.165) is 29.2 Å². The molecule has 3 aromatic carbocycles. The van der Waals surface area contributed by atoms with Crippen LogP contribution in [0.2, 0.25) is 0 Å². The summed E-state index contributed by atoms with van der Waals surface area (Å²) in [4.78, 5) is 43.9. The zero-order valence-corrected chi connectivity index (χ0v) is 25.2. The van der Waals surface area contributed by atoms with Gasteiger partial charge in [-0.3, -0.25) is 4.18 Å². The van der Waals surface area contributed by atoms with E-state index >= 15 is 0 Å². The summed E-state index contributed by atoms with van der Waals surface area (Å²) in [5.41, 5.74) is 3.17. The van der Waals surface area contributed by atoms with E-state index in [4.69, 9.17) is 23.2 Å². The Morgan fingerprint density at radius 1 is 0.721 bits per heavy atom. The van der Waals surface area contributed by atoms with Gasteiger partial charge in [-0.2, -0.15) is 8.42 Å². The average Bonchev–Trinajstić information content (AvgIpc) is 2.96. The number of carbonyl (C=O) groups is 3. The molecule has 0 aromatic heterocycles. The number of esters is 3. The number of rotatable bonds is 13. The fraction of sp³-hybridized carbons (Fsp3) is 0.290. The van der Waals surface area contributed by atoms with Crippen molar-refractivity contribution < 1.29 is 46.0 Å². The van der Waals surface area contributed by atoms with Crippen LogP contribution in [0.25, 0.3) is 0 Å². The molecule has 0 aliphatic carbocycles. The second-order valence-electron chi connectivity index (χ2n) is 9.71. The molecule has 0 fully saturated rings. The van der Waals surface area contributed by atoms with Crippen LogP contribution in [0.4, 0.5) is 0 Å². The molecule has 0 heterocycles. The van der Waals surface area contributed by atoms with Crippen molar-refractivity contribution in [2.45, 2.75) is 39.1 Å². The predicted octanol–water partition coefficient (Wildman–Crippen LogP) is 4.20. The highest BCUT2D eigenvalue weighted by Gasteiger charge is 2.39. The topological polar surface area (TPSA) is 144 Å². The van der Waals surface area contributed by atoms with Gasteiger partial charge in [-0.15, -0.1) is 0 Å². The zero-order chi connectivity index (χ0) is 31.6. The molecule has 0 saturated carbocycles. The molecule has 3 rings (SSSR count). The van der Waals surface area contributed by atoms with Crippen LogP contribution in [-0.4, -0.2) is 70.8 Å². The van der Waals surface area contributed by atoms with Crippen molar-refractivity contribution >= 4 is 34.2 Å². The van der Waals surface area contributed by atoms with Crippen molar-refractivity contribution in [1.29, 1.82) is 0 Å². The maximum Gasteiger partial charge on any atom is 0.338 e. The lowest BCUT2D eigenvalue weighted by atomic mass is 10.1. The molecule has 11 nitrogen and oxygen atoms in total. The second kappa shape index (κ2) is 15.1. The number of hydrogen-bond acceptors (Lipinski definition) is 11. The number of benzene rings is 3. The Morgan fingerprint density at radius 3 is 1.56 bits per heavy atom. The van der Waals surface area contributed by atoms with Gasteiger partial charge in [0.1, 0.15) is 13.7 Å². The quantitative estimate of drug-likeness (QED) is 0.0907. The highest BCUT2D eigenvalue weighted by Crippen LogP contribution is 2.20. The first-order chi connectivity index (χ1) is 20.4. The Labute approximate surface area is 250 Å². The van der Waals surface area contributed by atoms with Crippen molar-refractivity contribution in [2.75, 3.05) is 20.0 Å². The van der Waals surface area contributed by atoms with Crippen molar-refractivity contribution in [3.8, 4) is 0 Å². The standard InChI is InChI=1S/C31H33NO10S/c1-20-6-12-23(13-7-20)29(33)39-19-27(42-43(5,36)37)28(41-31(35)25-16-10-22(3)11-17-25)26(18-32-38-4)40-30(34)24-14-8-21(2)9-15-24/h6-18,26-28H,19H2,1-5H3/b32-18+/t26-,27+,28-/m1/s1. The maximum absolute atomic E-state index is 13.2. The SMILES string of the molecule is CO/N=C/[C@@H](OC(=O)c1ccc(C)cc1)[C@@H](OC(=O)c1ccc(C)cc1)[C@H](COC(=O)c1ccc(C)cc1)OS(C)(=O)=O. The summed E-state index contributed by atoms with van der Waals surface area (Å²) in [6, 6.07) is 19.3. The molecule has 0 aliphatic heterocycles. The molecule has 12 heteroatoms. The van der Waals surface area contributed by atoms with Gasteiger partial charge in [0.2, 0.25) is 0 Å². The van der Waals surface area contributed by atoms with E-state index in [9.17, 15) is 22.8 Å². The molecule has 0 spiro atoms. The first-order valence-electron chi connectivity index (χ1n) is 13.1. The van der Waals surface area contributed by atoms with Gasteiger partial charge in [-0.05, 0) is 57.2 Å². The molecule has 0 unspecified atom stereocenters. The first kappa shape index (κ1) is 33.0. The minimum Gasteiger partial charge on any atom is -0.459 e. The molecule has 43 heavy (non-hydrogen) atoms. The lowest BCUT2D eigenvalue weighted by molar-refractivity contribution is -0.0683. The minimum atomic E-state index is -4.23. The highest BCUT2D eigenvalue weighted by atomic mass is 32.2. The summed E-state index contributed by atoms with van der Waals surface area (Å²) >= 11 is 0. The largest absolute Gasteiger partial charge is 0.459 e. The number of aryl methyl sites for hydroxylation is 3. The molecular weight excluding hydrogens is 578 g/mol. The monoisotopic (exact) mass is 611 g/mol. The molecule has 3 atom stereocenters. The summed E-state index contributed by atoms with van der Waals surface area (Å²) in [5, 5.41) is 3.67. The summed E-state index contributed by atoms with van der Waals surface area (Å²) in [7, 11) is -3.00. The molecule has 0 N–H and O–H groups in total. The molecule has 0 amide bonds. The normalized spacial score (nSPS) is 13.5. The molecule has 0 saturated heterocycles. The van der Waals surface area contributed by atoms with Crippen LogP contribution < -0.4 is 0 Å². The van der Waals surface area contributed by atoms with E-state index in [0.29, 0.717) is 0 Å². The minimum absolute atomic E-state index is 0.123. The molecular formula is C31H33NO10S. The predicted molar refractivity (Wildman–Crippen MR) is 157 cm³/mol. The van der Waals surface area contributed by atoms with E-state index in [1.54, 1.807) is 36.4 Å². The van der Waals surface area contributed by atoms with Crippen molar-refractivity contribution in [3.05, 3.63) is 106 Å². The van der Waals surface area contributed by atoms with Crippen LogP contribution in [0.3, 0.4) is 0 Å². The Balaban J connectivity index is 2.01. The fourth-order valence-electron chi connectivity index (χ4n) is 3.75. The van der Waals surface area contributed by atoms with Crippen LogP contribution >= 0.6 is 0 Å². The number of hydrogen-bond donors (Lipinski definition) is 0. The van der Waals surface area contributed by atoms with E-state index in [1.165, 1.54) is 43.5 Å². The number of carbonyl (C=O) groups excluding carboxylic acids is 3. The number of oxime groups is 1. The molecule has 3 aromatic rings. The lowest BCUT2D eigenvalue weighted by Crippen LogP contribution is -2.48. The van der Waals surface area contributed by atoms with Crippen molar-refractivity contribution in [1.82, 2.24) is 0 Å². The maximum atomic E-state index is 13.2. The third-order valence-electron chi connectivity index (χ3n) is 6.03. The van der Waals surface area contributed by atoms with Gasteiger partial charge < -0.3 is 19.0 Å².